The second-order valence-corrected chi connectivity index (χ2v) is 6.29. The van der Waals surface area contributed by atoms with Crippen molar-refractivity contribution in [3.63, 3.8) is 0 Å². The Bertz CT molecular complexity index is 767. The Hall–Kier alpha value is -2.36. The fraction of sp³-hybridized carbons (Fsp3) is 0.444. The normalized spacial score (nSPS) is 17.0. The second-order valence-electron chi connectivity index (χ2n) is 6.29. The van der Waals surface area contributed by atoms with E-state index in [-0.39, 0.29) is 18.6 Å². The van der Waals surface area contributed by atoms with E-state index in [2.05, 4.69) is 11.0 Å². The minimum absolute atomic E-state index is 0.0135. The molecule has 0 aliphatic carbocycles. The van der Waals surface area contributed by atoms with Crippen molar-refractivity contribution in [3.8, 4) is 6.07 Å². The molecule has 1 aromatic heterocycles. The lowest BCUT2D eigenvalue weighted by molar-refractivity contribution is 0.0555. The molecular weight excluding hydrogens is 304 g/mol. The summed E-state index contributed by atoms with van der Waals surface area (Å²) in [5.74, 6) is 0.0135. The average Bonchev–Trinajstić information content (AvgIpc) is 2.94. The lowest BCUT2D eigenvalue weighted by Gasteiger charge is -2.35. The van der Waals surface area contributed by atoms with Gasteiger partial charge in [-0.1, -0.05) is 18.2 Å². The molecule has 1 fully saturated rings. The van der Waals surface area contributed by atoms with E-state index in [0.717, 1.165) is 24.0 Å². The predicted octanol–water partition coefficient (Wildman–Crippen LogP) is 1.30. The maximum Gasteiger partial charge on any atom is 0.256 e. The van der Waals surface area contributed by atoms with Crippen molar-refractivity contribution in [2.75, 3.05) is 32.7 Å². The number of β-amino-alcohol motifs (C(OH)–C–C–N with tert-alkyl or cyclic N) is 1. The van der Waals surface area contributed by atoms with Gasteiger partial charge in [-0.15, -0.1) is 0 Å². The molecule has 6 heteroatoms. The van der Waals surface area contributed by atoms with E-state index in [4.69, 9.17) is 5.26 Å². The van der Waals surface area contributed by atoms with Gasteiger partial charge < -0.3 is 14.6 Å². The first-order chi connectivity index (χ1) is 11.6. The summed E-state index contributed by atoms with van der Waals surface area (Å²) in [5, 5.41) is 19.4. The van der Waals surface area contributed by atoms with Gasteiger partial charge >= 0.3 is 0 Å². The highest BCUT2D eigenvalue weighted by Gasteiger charge is 2.25. The Labute approximate surface area is 141 Å². The van der Waals surface area contributed by atoms with Crippen LogP contribution in [-0.4, -0.2) is 64.2 Å². The number of hydrogen-bond donors (Lipinski definition) is 1. The molecule has 0 saturated carbocycles. The average molecular weight is 326 g/mol. The summed E-state index contributed by atoms with van der Waals surface area (Å²) in [5.41, 5.74) is 1.57. The van der Waals surface area contributed by atoms with E-state index >= 15 is 0 Å². The van der Waals surface area contributed by atoms with Gasteiger partial charge in [-0.3, -0.25) is 9.69 Å². The smallest absolute Gasteiger partial charge is 0.256 e. The largest absolute Gasteiger partial charge is 0.392 e. The Morgan fingerprint density at radius 1 is 1.29 bits per heavy atom. The first kappa shape index (κ1) is 16.5. The second kappa shape index (κ2) is 7.04. The van der Waals surface area contributed by atoms with Crippen molar-refractivity contribution in [2.24, 2.45) is 0 Å². The third-order valence-corrected chi connectivity index (χ3v) is 4.44. The zero-order valence-electron chi connectivity index (χ0n) is 13.9. The zero-order valence-corrected chi connectivity index (χ0v) is 13.9. The standard InChI is InChI=1S/C18H22N4O2/c1-14(23)12-20-8-10-21(11-9-20)18(24)16-13-22(7-6-19)17-5-3-2-4-15(16)17/h2-5,13-14,23H,7-12H2,1H3/t14-/m0/s1. The van der Waals surface area contributed by atoms with Gasteiger partial charge in [0.15, 0.2) is 0 Å². The summed E-state index contributed by atoms with van der Waals surface area (Å²) in [4.78, 5) is 17.0. The maximum absolute atomic E-state index is 12.9. The molecule has 0 spiro atoms. The Balaban J connectivity index is 1.79. The number of aliphatic hydroxyl groups is 1. The molecule has 24 heavy (non-hydrogen) atoms. The highest BCUT2D eigenvalue weighted by molar-refractivity contribution is 6.07. The van der Waals surface area contributed by atoms with Crippen LogP contribution >= 0.6 is 0 Å². The summed E-state index contributed by atoms with van der Waals surface area (Å²) in [6.07, 6.45) is 1.44. The lowest BCUT2D eigenvalue weighted by atomic mass is 10.1. The number of aromatic nitrogens is 1. The van der Waals surface area contributed by atoms with Gasteiger partial charge in [-0.25, -0.2) is 0 Å². The van der Waals surface area contributed by atoms with Gasteiger partial charge in [-0.05, 0) is 13.0 Å². The highest BCUT2D eigenvalue weighted by Crippen LogP contribution is 2.23. The van der Waals surface area contributed by atoms with Gasteiger partial charge in [0, 0.05) is 49.8 Å². The lowest BCUT2D eigenvalue weighted by Crippen LogP contribution is -2.50. The number of piperazine rings is 1. The van der Waals surface area contributed by atoms with Crippen molar-refractivity contribution in [1.29, 1.82) is 5.26 Å². The number of aliphatic hydroxyl groups excluding tert-OH is 1. The minimum atomic E-state index is -0.351. The molecule has 1 N–H and O–H groups in total. The molecule has 1 aromatic carbocycles. The van der Waals surface area contributed by atoms with Crippen molar-refractivity contribution in [1.82, 2.24) is 14.4 Å². The molecule has 0 radical (unpaired) electrons. The first-order valence-corrected chi connectivity index (χ1v) is 8.24. The van der Waals surface area contributed by atoms with Gasteiger partial charge in [0.25, 0.3) is 5.91 Å². The number of hydrogen-bond acceptors (Lipinski definition) is 4. The van der Waals surface area contributed by atoms with E-state index in [1.54, 1.807) is 13.1 Å². The van der Waals surface area contributed by atoms with E-state index < -0.39 is 0 Å². The molecule has 3 rings (SSSR count). The molecule has 2 aromatic rings. The Morgan fingerprint density at radius 3 is 2.67 bits per heavy atom. The molecule has 126 valence electrons. The van der Waals surface area contributed by atoms with Gasteiger partial charge in [0.05, 0.1) is 17.7 Å². The van der Waals surface area contributed by atoms with Crippen molar-refractivity contribution >= 4 is 16.8 Å². The number of rotatable bonds is 4. The van der Waals surface area contributed by atoms with Crippen LogP contribution in [0.2, 0.25) is 0 Å². The molecule has 0 unspecified atom stereocenters. The highest BCUT2D eigenvalue weighted by atomic mass is 16.3. The van der Waals surface area contributed by atoms with Crippen LogP contribution in [0.3, 0.4) is 0 Å². The van der Waals surface area contributed by atoms with Crippen molar-refractivity contribution in [2.45, 2.75) is 19.6 Å². The molecule has 1 amide bonds. The summed E-state index contributed by atoms with van der Waals surface area (Å²) in [7, 11) is 0. The summed E-state index contributed by atoms with van der Waals surface area (Å²) >= 11 is 0. The third-order valence-electron chi connectivity index (χ3n) is 4.44. The van der Waals surface area contributed by atoms with Crippen LogP contribution in [0, 0.1) is 11.3 Å². The molecule has 1 aliphatic heterocycles. The zero-order chi connectivity index (χ0) is 17.1. The number of nitrogens with zero attached hydrogens (tertiary/aromatic N) is 4. The monoisotopic (exact) mass is 326 g/mol. The van der Waals surface area contributed by atoms with Crippen molar-refractivity contribution < 1.29 is 9.90 Å². The SMILES string of the molecule is C[C@H](O)CN1CCN(C(=O)c2cn(CC#N)c3ccccc23)CC1. The molecule has 1 aliphatic rings. The van der Waals surface area contributed by atoms with E-state index in [0.29, 0.717) is 25.2 Å². The van der Waals surface area contributed by atoms with Gasteiger partial charge in [0.1, 0.15) is 6.54 Å². The van der Waals surface area contributed by atoms with E-state index in [1.165, 1.54) is 0 Å². The molecular formula is C18H22N4O2. The van der Waals surface area contributed by atoms with Gasteiger partial charge in [-0.2, -0.15) is 5.26 Å². The number of benzene rings is 1. The fourth-order valence-electron chi connectivity index (χ4n) is 3.30. The maximum atomic E-state index is 12.9. The number of carbonyl (C=O) groups excluding carboxylic acids is 1. The molecule has 6 nitrogen and oxygen atoms in total. The Kier molecular flexibility index (Phi) is 4.84. The van der Waals surface area contributed by atoms with Crippen LogP contribution in [0.4, 0.5) is 0 Å². The first-order valence-electron chi connectivity index (χ1n) is 8.24. The summed E-state index contributed by atoms with van der Waals surface area (Å²) in [6.45, 7) is 5.51. The van der Waals surface area contributed by atoms with Crippen LogP contribution < -0.4 is 0 Å². The fourth-order valence-corrected chi connectivity index (χ4v) is 3.30. The quantitative estimate of drug-likeness (QED) is 0.919. The molecule has 1 atom stereocenters. The number of carbonyl (C=O) groups is 1. The topological polar surface area (TPSA) is 72.5 Å². The molecule has 1 saturated heterocycles. The van der Waals surface area contributed by atoms with Crippen LogP contribution in [0.5, 0.6) is 0 Å². The minimum Gasteiger partial charge on any atom is -0.392 e. The van der Waals surface area contributed by atoms with E-state index in [1.807, 2.05) is 33.7 Å². The van der Waals surface area contributed by atoms with Crippen LogP contribution in [0.15, 0.2) is 30.5 Å². The van der Waals surface area contributed by atoms with Crippen LogP contribution in [0.1, 0.15) is 17.3 Å². The number of nitriles is 1. The van der Waals surface area contributed by atoms with Gasteiger partial charge in [0.2, 0.25) is 0 Å². The summed E-state index contributed by atoms with van der Waals surface area (Å²) < 4.78 is 1.83. The van der Waals surface area contributed by atoms with Crippen LogP contribution in [0.25, 0.3) is 10.9 Å². The van der Waals surface area contributed by atoms with Crippen LogP contribution in [-0.2, 0) is 6.54 Å². The third kappa shape index (κ3) is 3.28. The number of para-hydroxylation sites is 1. The predicted molar refractivity (Wildman–Crippen MR) is 91.6 cm³/mol. The molecule has 0 bridgehead atoms. The molecule has 2 heterocycles. The van der Waals surface area contributed by atoms with Crippen molar-refractivity contribution in [3.05, 3.63) is 36.0 Å². The number of amides is 1. The van der Waals surface area contributed by atoms with E-state index in [9.17, 15) is 9.90 Å². The number of fused-ring (bicyclic) bond motifs is 1. The summed E-state index contributed by atoms with van der Waals surface area (Å²) in [6, 6.07) is 9.83. The Morgan fingerprint density at radius 2 is 2.00 bits per heavy atom.